The Balaban J connectivity index is 2.26. The highest BCUT2D eigenvalue weighted by Gasteiger charge is 2.38. The van der Waals surface area contributed by atoms with Crippen molar-refractivity contribution in [3.05, 3.63) is 34.3 Å². The van der Waals surface area contributed by atoms with Gasteiger partial charge in [-0.05, 0) is 44.6 Å². The van der Waals surface area contributed by atoms with Crippen LogP contribution in [0.3, 0.4) is 0 Å². The van der Waals surface area contributed by atoms with Crippen molar-refractivity contribution in [1.29, 1.82) is 0 Å². The van der Waals surface area contributed by atoms with Gasteiger partial charge in [0, 0.05) is 16.9 Å². The first-order valence-corrected chi connectivity index (χ1v) is 7.93. The molecule has 2 nitrogen and oxygen atoms in total. The molecule has 106 valence electrons. The Morgan fingerprint density at radius 2 is 1.74 bits per heavy atom. The van der Waals surface area contributed by atoms with Gasteiger partial charge in [-0.25, -0.2) is 0 Å². The molecule has 0 amide bonds. The lowest BCUT2D eigenvalue weighted by Crippen LogP contribution is -2.42. The van der Waals surface area contributed by atoms with E-state index >= 15 is 0 Å². The standard InChI is InChI=1S/C16H24BrNO/c1-18(2)12-15(13-6-8-14(17)9-7-13)16(19)10-4-3-5-11-16/h6-9,15,19H,3-5,10-12H2,1-2H3/t15-/m1/s1. The van der Waals surface area contributed by atoms with Gasteiger partial charge >= 0.3 is 0 Å². The third-order valence-corrected chi connectivity index (χ3v) is 4.72. The summed E-state index contributed by atoms with van der Waals surface area (Å²) in [4.78, 5) is 2.18. The van der Waals surface area contributed by atoms with Crippen molar-refractivity contribution in [2.75, 3.05) is 20.6 Å². The fourth-order valence-corrected chi connectivity index (χ4v) is 3.42. The van der Waals surface area contributed by atoms with Gasteiger partial charge in [-0.3, -0.25) is 0 Å². The second-order valence-electron chi connectivity index (χ2n) is 6.03. The van der Waals surface area contributed by atoms with E-state index in [2.05, 4.69) is 59.2 Å². The van der Waals surface area contributed by atoms with Gasteiger partial charge in [0.25, 0.3) is 0 Å². The minimum absolute atomic E-state index is 0.205. The summed E-state index contributed by atoms with van der Waals surface area (Å²) < 4.78 is 1.09. The van der Waals surface area contributed by atoms with Crippen LogP contribution in [-0.2, 0) is 0 Å². The van der Waals surface area contributed by atoms with E-state index in [-0.39, 0.29) is 5.92 Å². The number of likely N-dealkylation sites (N-methyl/N-ethyl adjacent to an activating group) is 1. The highest BCUT2D eigenvalue weighted by molar-refractivity contribution is 9.10. The van der Waals surface area contributed by atoms with Gasteiger partial charge in [0.1, 0.15) is 0 Å². The number of nitrogens with zero attached hydrogens (tertiary/aromatic N) is 1. The van der Waals surface area contributed by atoms with E-state index in [1.54, 1.807) is 0 Å². The number of benzene rings is 1. The molecule has 1 aliphatic carbocycles. The molecule has 1 aliphatic rings. The lowest BCUT2D eigenvalue weighted by molar-refractivity contribution is -0.0277. The van der Waals surface area contributed by atoms with Gasteiger partial charge in [0.15, 0.2) is 0 Å². The van der Waals surface area contributed by atoms with Gasteiger partial charge in [-0.15, -0.1) is 0 Å². The van der Waals surface area contributed by atoms with Crippen LogP contribution >= 0.6 is 15.9 Å². The Bertz CT molecular complexity index is 396. The van der Waals surface area contributed by atoms with Crippen molar-refractivity contribution in [3.8, 4) is 0 Å². The molecule has 0 heterocycles. The molecule has 1 saturated carbocycles. The molecule has 19 heavy (non-hydrogen) atoms. The van der Waals surface area contributed by atoms with E-state index in [0.717, 1.165) is 36.7 Å². The zero-order valence-electron chi connectivity index (χ0n) is 11.9. The van der Waals surface area contributed by atoms with Crippen LogP contribution < -0.4 is 0 Å². The van der Waals surface area contributed by atoms with Gasteiger partial charge in [0.05, 0.1) is 5.60 Å². The molecule has 2 rings (SSSR count). The molecule has 0 unspecified atom stereocenters. The lowest BCUT2D eigenvalue weighted by atomic mass is 9.72. The predicted octanol–water partition coefficient (Wildman–Crippen LogP) is 3.79. The fraction of sp³-hybridized carbons (Fsp3) is 0.625. The van der Waals surface area contributed by atoms with Gasteiger partial charge in [-0.2, -0.15) is 0 Å². The molecule has 1 aromatic rings. The Hall–Kier alpha value is -0.380. The average molecular weight is 326 g/mol. The largest absolute Gasteiger partial charge is 0.389 e. The van der Waals surface area contributed by atoms with Gasteiger partial charge in [0.2, 0.25) is 0 Å². The zero-order chi connectivity index (χ0) is 13.9. The molecule has 0 aromatic heterocycles. The van der Waals surface area contributed by atoms with Crippen molar-refractivity contribution in [3.63, 3.8) is 0 Å². The normalized spacial score (nSPS) is 20.5. The van der Waals surface area contributed by atoms with E-state index < -0.39 is 5.60 Å². The quantitative estimate of drug-likeness (QED) is 0.910. The number of hydrogen-bond donors (Lipinski definition) is 1. The van der Waals surface area contributed by atoms with Gasteiger partial charge in [-0.1, -0.05) is 47.3 Å². The summed E-state index contributed by atoms with van der Waals surface area (Å²) in [6, 6.07) is 8.43. The molecule has 0 radical (unpaired) electrons. The van der Waals surface area contributed by atoms with Crippen molar-refractivity contribution in [2.45, 2.75) is 43.6 Å². The molecule has 1 N–H and O–H groups in total. The minimum atomic E-state index is -0.531. The molecule has 3 heteroatoms. The second kappa shape index (κ2) is 6.38. The SMILES string of the molecule is CN(C)C[C@H](c1ccc(Br)cc1)C1(O)CCCCC1. The molecule has 1 fully saturated rings. The maximum Gasteiger partial charge on any atom is 0.0728 e. The van der Waals surface area contributed by atoms with Crippen LogP contribution in [0.1, 0.15) is 43.6 Å². The average Bonchev–Trinajstić information content (AvgIpc) is 2.38. The molecule has 0 aliphatic heterocycles. The second-order valence-corrected chi connectivity index (χ2v) is 6.95. The molecular formula is C16H24BrNO. The van der Waals surface area contributed by atoms with Crippen molar-refractivity contribution >= 4 is 15.9 Å². The predicted molar refractivity (Wildman–Crippen MR) is 83.5 cm³/mol. The first-order chi connectivity index (χ1) is 9.01. The van der Waals surface area contributed by atoms with Crippen LogP contribution in [0.5, 0.6) is 0 Å². The number of hydrogen-bond acceptors (Lipinski definition) is 2. The third kappa shape index (κ3) is 3.80. The lowest BCUT2D eigenvalue weighted by Gasteiger charge is -2.40. The van der Waals surface area contributed by atoms with E-state index in [0.29, 0.717) is 0 Å². The monoisotopic (exact) mass is 325 g/mol. The van der Waals surface area contributed by atoms with Crippen LogP contribution in [0, 0.1) is 0 Å². The van der Waals surface area contributed by atoms with E-state index in [4.69, 9.17) is 0 Å². The molecule has 0 bridgehead atoms. The molecular weight excluding hydrogens is 302 g/mol. The maximum atomic E-state index is 11.1. The van der Waals surface area contributed by atoms with Crippen molar-refractivity contribution in [2.24, 2.45) is 0 Å². The Morgan fingerprint density at radius 3 is 2.26 bits per heavy atom. The Morgan fingerprint density at radius 1 is 1.16 bits per heavy atom. The number of rotatable bonds is 4. The summed E-state index contributed by atoms with van der Waals surface area (Å²) in [6.07, 6.45) is 5.42. The van der Waals surface area contributed by atoms with Crippen molar-refractivity contribution in [1.82, 2.24) is 4.90 Å². The van der Waals surface area contributed by atoms with Crippen molar-refractivity contribution < 1.29 is 5.11 Å². The van der Waals surface area contributed by atoms with Crippen LogP contribution in [0.15, 0.2) is 28.7 Å². The smallest absolute Gasteiger partial charge is 0.0728 e. The third-order valence-electron chi connectivity index (χ3n) is 4.19. The first kappa shape index (κ1) is 15.0. The van der Waals surface area contributed by atoms with Gasteiger partial charge < -0.3 is 10.0 Å². The topological polar surface area (TPSA) is 23.5 Å². The summed E-state index contributed by atoms with van der Waals surface area (Å²) >= 11 is 3.48. The minimum Gasteiger partial charge on any atom is -0.389 e. The molecule has 1 aromatic carbocycles. The summed E-state index contributed by atoms with van der Waals surface area (Å²) in [6.45, 7) is 0.901. The molecule has 1 atom stereocenters. The summed E-state index contributed by atoms with van der Waals surface area (Å²) in [7, 11) is 4.16. The van der Waals surface area contributed by atoms with Crippen LogP contribution in [-0.4, -0.2) is 36.2 Å². The van der Waals surface area contributed by atoms with E-state index in [9.17, 15) is 5.11 Å². The van der Waals surface area contributed by atoms with Crippen LogP contribution in [0.2, 0.25) is 0 Å². The van der Waals surface area contributed by atoms with E-state index in [1.165, 1.54) is 12.0 Å². The summed E-state index contributed by atoms with van der Waals surface area (Å²) in [5.41, 5.74) is 0.720. The number of halogens is 1. The van der Waals surface area contributed by atoms with Crippen LogP contribution in [0.4, 0.5) is 0 Å². The number of aliphatic hydroxyl groups is 1. The Labute approximate surface area is 124 Å². The fourth-order valence-electron chi connectivity index (χ4n) is 3.16. The first-order valence-electron chi connectivity index (χ1n) is 7.14. The molecule has 0 spiro atoms. The van der Waals surface area contributed by atoms with E-state index in [1.807, 2.05) is 0 Å². The molecule has 0 saturated heterocycles. The summed E-state index contributed by atoms with van der Waals surface area (Å²) in [5.74, 6) is 0.205. The highest BCUT2D eigenvalue weighted by Crippen LogP contribution is 2.40. The highest BCUT2D eigenvalue weighted by atomic mass is 79.9. The zero-order valence-corrected chi connectivity index (χ0v) is 13.5. The van der Waals surface area contributed by atoms with Crippen LogP contribution in [0.25, 0.3) is 0 Å². The maximum absolute atomic E-state index is 11.1. The Kier molecular flexibility index (Phi) is 5.04. The summed E-state index contributed by atoms with van der Waals surface area (Å²) in [5, 5.41) is 11.1.